The molecule has 2 unspecified atom stereocenters. The summed E-state index contributed by atoms with van der Waals surface area (Å²) < 4.78 is 0. The van der Waals surface area contributed by atoms with Crippen molar-refractivity contribution < 1.29 is 0 Å². The highest BCUT2D eigenvalue weighted by Gasteiger charge is 2.48. The first-order valence-corrected chi connectivity index (χ1v) is 10.8. The van der Waals surface area contributed by atoms with Gasteiger partial charge in [0.25, 0.3) is 0 Å². The van der Waals surface area contributed by atoms with Gasteiger partial charge in [0, 0.05) is 22.2 Å². The molecule has 0 bridgehead atoms. The standard InChI is InChI=1S/C25H42N2/c1-22(2)16-20(24(5,6)26-22)14-18-10-12-19(13-11-18)15-21-17-23(3,4)27(9)25(21,7)8/h10-13,20-21,26H,14-17H2,1-9H3. The Labute approximate surface area is 168 Å². The molecule has 0 spiro atoms. The number of rotatable bonds is 4. The van der Waals surface area contributed by atoms with Gasteiger partial charge >= 0.3 is 0 Å². The van der Waals surface area contributed by atoms with Crippen molar-refractivity contribution in [2.45, 2.75) is 103 Å². The van der Waals surface area contributed by atoms with Crippen molar-refractivity contribution in [3.63, 3.8) is 0 Å². The minimum atomic E-state index is 0.214. The largest absolute Gasteiger partial charge is 0.307 e. The van der Waals surface area contributed by atoms with Crippen molar-refractivity contribution in [1.82, 2.24) is 10.2 Å². The lowest BCUT2D eigenvalue weighted by Gasteiger charge is -2.38. The highest BCUT2D eigenvalue weighted by atomic mass is 15.3. The lowest BCUT2D eigenvalue weighted by atomic mass is 9.81. The summed E-state index contributed by atoms with van der Waals surface area (Å²) in [6.07, 6.45) is 4.88. The molecule has 2 heterocycles. The van der Waals surface area contributed by atoms with Crippen molar-refractivity contribution in [3.05, 3.63) is 35.4 Å². The fraction of sp³-hybridized carbons (Fsp3) is 0.760. The third-order valence-corrected chi connectivity index (χ3v) is 7.94. The highest BCUT2D eigenvalue weighted by Crippen LogP contribution is 2.45. The molecule has 2 heteroatoms. The Balaban J connectivity index is 1.66. The molecule has 2 aliphatic rings. The van der Waals surface area contributed by atoms with E-state index >= 15 is 0 Å². The van der Waals surface area contributed by atoms with Crippen LogP contribution in [0.15, 0.2) is 24.3 Å². The number of hydrogen-bond acceptors (Lipinski definition) is 2. The van der Waals surface area contributed by atoms with Gasteiger partial charge in [-0.2, -0.15) is 0 Å². The third kappa shape index (κ3) is 4.12. The van der Waals surface area contributed by atoms with E-state index in [1.165, 1.54) is 36.8 Å². The van der Waals surface area contributed by atoms with Crippen molar-refractivity contribution in [2.24, 2.45) is 11.8 Å². The molecule has 0 aromatic heterocycles. The molecule has 3 rings (SSSR count). The summed E-state index contributed by atoms with van der Waals surface area (Å²) in [7, 11) is 2.29. The van der Waals surface area contributed by atoms with E-state index in [1.54, 1.807) is 0 Å². The average Bonchev–Trinajstić information content (AvgIpc) is 2.82. The van der Waals surface area contributed by atoms with Crippen LogP contribution >= 0.6 is 0 Å². The molecule has 1 aromatic rings. The van der Waals surface area contributed by atoms with Gasteiger partial charge in [-0.05, 0) is 111 Å². The molecule has 2 fully saturated rings. The minimum absolute atomic E-state index is 0.214. The van der Waals surface area contributed by atoms with Crippen LogP contribution in [0.3, 0.4) is 0 Å². The predicted molar refractivity (Wildman–Crippen MR) is 117 cm³/mol. The Morgan fingerprint density at radius 1 is 0.815 bits per heavy atom. The second kappa shape index (κ2) is 6.59. The van der Waals surface area contributed by atoms with Gasteiger partial charge in [-0.25, -0.2) is 0 Å². The molecule has 2 nitrogen and oxygen atoms in total. The van der Waals surface area contributed by atoms with Crippen LogP contribution < -0.4 is 5.32 Å². The van der Waals surface area contributed by atoms with Crippen LogP contribution in [0.2, 0.25) is 0 Å². The van der Waals surface area contributed by atoms with Crippen LogP contribution in [0.1, 0.15) is 79.4 Å². The molecular formula is C25H42N2. The summed E-state index contributed by atoms with van der Waals surface area (Å²) in [5.41, 5.74) is 3.99. The van der Waals surface area contributed by atoms with E-state index in [-0.39, 0.29) is 16.6 Å². The highest BCUT2D eigenvalue weighted by molar-refractivity contribution is 5.25. The number of nitrogens with one attached hydrogen (secondary N) is 1. The maximum Gasteiger partial charge on any atom is 0.0187 e. The Hall–Kier alpha value is -0.860. The van der Waals surface area contributed by atoms with Crippen LogP contribution in [0.4, 0.5) is 0 Å². The molecule has 2 saturated heterocycles. The van der Waals surface area contributed by atoms with E-state index in [0.717, 1.165) is 0 Å². The van der Waals surface area contributed by atoms with Gasteiger partial charge in [0.1, 0.15) is 0 Å². The molecular weight excluding hydrogens is 328 g/mol. The molecule has 2 aliphatic heterocycles. The molecule has 0 amide bonds. The second-order valence-corrected chi connectivity index (χ2v) is 11.8. The lowest BCUT2D eigenvalue weighted by molar-refractivity contribution is 0.0998. The zero-order chi connectivity index (χ0) is 20.3. The molecule has 0 radical (unpaired) electrons. The van der Waals surface area contributed by atoms with Crippen molar-refractivity contribution in [1.29, 1.82) is 0 Å². The average molecular weight is 371 g/mol. The van der Waals surface area contributed by atoms with E-state index in [1.807, 2.05) is 0 Å². The van der Waals surface area contributed by atoms with Crippen LogP contribution in [-0.2, 0) is 12.8 Å². The first-order chi connectivity index (χ1) is 12.2. The number of benzene rings is 1. The normalized spacial score (nSPS) is 31.3. The van der Waals surface area contributed by atoms with Crippen molar-refractivity contribution in [3.8, 4) is 0 Å². The third-order valence-electron chi connectivity index (χ3n) is 7.94. The topological polar surface area (TPSA) is 15.3 Å². The molecule has 0 saturated carbocycles. The Morgan fingerprint density at radius 2 is 1.30 bits per heavy atom. The molecule has 27 heavy (non-hydrogen) atoms. The van der Waals surface area contributed by atoms with E-state index in [0.29, 0.717) is 17.4 Å². The summed E-state index contributed by atoms with van der Waals surface area (Å²) in [5, 5.41) is 3.82. The Kier molecular flexibility index (Phi) is 5.09. The summed E-state index contributed by atoms with van der Waals surface area (Å²) in [6.45, 7) is 19.0. The van der Waals surface area contributed by atoms with Gasteiger partial charge < -0.3 is 5.32 Å². The van der Waals surface area contributed by atoms with Gasteiger partial charge in [0.2, 0.25) is 0 Å². The first-order valence-electron chi connectivity index (χ1n) is 10.8. The van der Waals surface area contributed by atoms with E-state index in [4.69, 9.17) is 0 Å². The quantitative estimate of drug-likeness (QED) is 0.758. The smallest absolute Gasteiger partial charge is 0.0187 e. The maximum absolute atomic E-state index is 3.82. The van der Waals surface area contributed by atoms with Gasteiger partial charge in [0.05, 0.1) is 0 Å². The maximum atomic E-state index is 3.82. The van der Waals surface area contributed by atoms with Crippen molar-refractivity contribution in [2.75, 3.05) is 7.05 Å². The van der Waals surface area contributed by atoms with E-state index in [9.17, 15) is 0 Å². The van der Waals surface area contributed by atoms with Crippen LogP contribution in [-0.4, -0.2) is 34.1 Å². The monoisotopic (exact) mass is 370 g/mol. The number of nitrogens with zero attached hydrogens (tertiary/aromatic N) is 1. The summed E-state index contributed by atoms with van der Waals surface area (Å²) in [4.78, 5) is 2.58. The van der Waals surface area contributed by atoms with Gasteiger partial charge in [-0.15, -0.1) is 0 Å². The second-order valence-electron chi connectivity index (χ2n) is 11.8. The number of hydrogen-bond donors (Lipinski definition) is 1. The fourth-order valence-corrected chi connectivity index (χ4v) is 5.97. The SMILES string of the molecule is CN1C(C)(C)CC(Cc2ccc(CC3CC(C)(C)NC3(C)C)cc2)C1(C)C. The summed E-state index contributed by atoms with van der Waals surface area (Å²) >= 11 is 0. The summed E-state index contributed by atoms with van der Waals surface area (Å²) in [5.74, 6) is 1.41. The van der Waals surface area contributed by atoms with Crippen LogP contribution in [0.5, 0.6) is 0 Å². The van der Waals surface area contributed by atoms with Gasteiger partial charge in [0.15, 0.2) is 0 Å². The molecule has 152 valence electrons. The van der Waals surface area contributed by atoms with Crippen molar-refractivity contribution >= 4 is 0 Å². The van der Waals surface area contributed by atoms with Crippen LogP contribution in [0, 0.1) is 11.8 Å². The predicted octanol–water partition coefficient (Wildman–Crippen LogP) is 5.45. The van der Waals surface area contributed by atoms with E-state index in [2.05, 4.69) is 96.9 Å². The van der Waals surface area contributed by atoms with Gasteiger partial charge in [-0.3, -0.25) is 4.90 Å². The Morgan fingerprint density at radius 3 is 1.67 bits per heavy atom. The lowest BCUT2D eigenvalue weighted by Crippen LogP contribution is -2.47. The van der Waals surface area contributed by atoms with Gasteiger partial charge in [-0.1, -0.05) is 24.3 Å². The molecule has 0 aliphatic carbocycles. The number of likely N-dealkylation sites (tertiary alicyclic amines) is 1. The molecule has 1 aromatic carbocycles. The van der Waals surface area contributed by atoms with Crippen LogP contribution in [0.25, 0.3) is 0 Å². The molecule has 1 N–H and O–H groups in total. The fourth-order valence-electron chi connectivity index (χ4n) is 5.97. The molecule has 2 atom stereocenters. The minimum Gasteiger partial charge on any atom is -0.307 e. The summed E-state index contributed by atoms with van der Waals surface area (Å²) in [6, 6.07) is 9.54. The Bertz CT molecular complexity index is 666. The van der Waals surface area contributed by atoms with E-state index < -0.39 is 0 Å². The zero-order valence-corrected chi connectivity index (χ0v) is 19.2. The zero-order valence-electron chi connectivity index (χ0n) is 19.2. The first kappa shape index (κ1) is 20.9.